The second-order valence-corrected chi connectivity index (χ2v) is 8.45. The summed E-state index contributed by atoms with van der Waals surface area (Å²) in [6, 6.07) is 15.5. The molecule has 2 heterocycles. The minimum atomic E-state index is -0.169. The number of methoxy groups -OCH3 is 1. The molecule has 1 aliphatic rings. The van der Waals surface area contributed by atoms with Gasteiger partial charge in [0, 0.05) is 23.6 Å². The minimum Gasteiger partial charge on any atom is -0.497 e. The summed E-state index contributed by atoms with van der Waals surface area (Å²) in [5.74, 6) is 1.69. The van der Waals surface area contributed by atoms with E-state index in [1.54, 1.807) is 7.11 Å². The van der Waals surface area contributed by atoms with Gasteiger partial charge in [-0.05, 0) is 74.8 Å². The summed E-state index contributed by atoms with van der Waals surface area (Å²) in [7, 11) is 1.69. The van der Waals surface area contributed by atoms with Crippen LogP contribution in [0.25, 0.3) is 10.9 Å². The molecule has 1 N–H and O–H groups in total. The molecule has 6 heteroatoms. The number of rotatable bonds is 11. The van der Waals surface area contributed by atoms with Crippen molar-refractivity contribution in [3.8, 4) is 11.5 Å². The van der Waals surface area contributed by atoms with Crippen LogP contribution in [0.15, 0.2) is 53.3 Å². The summed E-state index contributed by atoms with van der Waals surface area (Å²) in [5, 5.41) is 0.900. The Morgan fingerprint density at radius 3 is 2.85 bits per heavy atom. The highest BCUT2D eigenvalue weighted by Crippen LogP contribution is 2.28. The maximum absolute atomic E-state index is 12.0. The maximum atomic E-state index is 12.0. The van der Waals surface area contributed by atoms with Gasteiger partial charge in [-0.2, -0.15) is 0 Å². The molecule has 1 unspecified atom stereocenters. The number of aromatic nitrogens is 1. The van der Waals surface area contributed by atoms with Gasteiger partial charge >= 0.3 is 0 Å². The molecule has 3 aromatic rings. The number of H-pyrrole nitrogens is 1. The molecule has 1 fully saturated rings. The van der Waals surface area contributed by atoms with Gasteiger partial charge in [0.25, 0.3) is 0 Å². The normalized spacial score (nSPS) is 16.1. The van der Waals surface area contributed by atoms with Crippen LogP contribution in [0.5, 0.6) is 11.5 Å². The smallest absolute Gasteiger partial charge is 0.248 e. The lowest BCUT2D eigenvalue weighted by Gasteiger charge is -2.23. The molecule has 4 rings (SSSR count). The van der Waals surface area contributed by atoms with E-state index in [0.29, 0.717) is 13.2 Å². The van der Waals surface area contributed by atoms with Crippen LogP contribution in [0.4, 0.5) is 0 Å². The van der Waals surface area contributed by atoms with Crippen molar-refractivity contribution in [3.05, 3.63) is 70.0 Å². The van der Waals surface area contributed by atoms with Gasteiger partial charge in [0.05, 0.1) is 25.8 Å². The zero-order valence-corrected chi connectivity index (χ0v) is 19.3. The molecule has 176 valence electrons. The average Bonchev–Trinajstić information content (AvgIpc) is 2.86. The van der Waals surface area contributed by atoms with Gasteiger partial charge in [0.15, 0.2) is 6.29 Å². The number of hydrogen-bond acceptors (Lipinski definition) is 5. The van der Waals surface area contributed by atoms with E-state index in [4.69, 9.17) is 18.9 Å². The van der Waals surface area contributed by atoms with Crippen molar-refractivity contribution in [3.63, 3.8) is 0 Å². The first-order valence-electron chi connectivity index (χ1n) is 11.9. The Balaban J connectivity index is 1.30. The lowest BCUT2D eigenvalue weighted by molar-refractivity contribution is -0.168. The van der Waals surface area contributed by atoms with Gasteiger partial charge in [0.1, 0.15) is 11.5 Å². The van der Waals surface area contributed by atoms with E-state index in [0.717, 1.165) is 79.5 Å². The SMILES string of the molecule is COc1cccc(CCCCCOc2ccc(COC3CCCCO3)c3[nH]c(=O)ccc23)c1. The topological polar surface area (TPSA) is 69.8 Å². The van der Waals surface area contributed by atoms with E-state index in [-0.39, 0.29) is 11.8 Å². The molecule has 33 heavy (non-hydrogen) atoms. The third kappa shape index (κ3) is 6.59. The monoisotopic (exact) mass is 451 g/mol. The van der Waals surface area contributed by atoms with Crippen molar-refractivity contribution in [2.75, 3.05) is 20.3 Å². The van der Waals surface area contributed by atoms with Crippen LogP contribution in [-0.2, 0) is 22.5 Å². The molecule has 0 radical (unpaired) electrons. The van der Waals surface area contributed by atoms with Crippen molar-refractivity contribution >= 4 is 10.9 Å². The quantitative estimate of drug-likeness (QED) is 0.397. The Bertz CT molecular complexity index is 1090. The summed E-state index contributed by atoms with van der Waals surface area (Å²) in [5.41, 5.74) is 2.87. The van der Waals surface area contributed by atoms with Crippen LogP contribution in [0.2, 0.25) is 0 Å². The molecule has 6 nitrogen and oxygen atoms in total. The van der Waals surface area contributed by atoms with Crippen LogP contribution in [-0.4, -0.2) is 31.6 Å². The van der Waals surface area contributed by atoms with Gasteiger partial charge < -0.3 is 23.9 Å². The number of nitrogens with one attached hydrogen (secondary N) is 1. The fourth-order valence-corrected chi connectivity index (χ4v) is 4.17. The van der Waals surface area contributed by atoms with E-state index in [1.807, 2.05) is 30.3 Å². The van der Waals surface area contributed by atoms with Gasteiger partial charge in [-0.25, -0.2) is 0 Å². The Labute approximate surface area is 194 Å². The second kappa shape index (κ2) is 11.9. The number of benzene rings is 2. The van der Waals surface area contributed by atoms with E-state index in [9.17, 15) is 4.79 Å². The highest BCUT2D eigenvalue weighted by Gasteiger charge is 2.15. The van der Waals surface area contributed by atoms with Gasteiger partial charge in [-0.1, -0.05) is 18.2 Å². The molecule has 1 aliphatic heterocycles. The summed E-state index contributed by atoms with van der Waals surface area (Å²) >= 11 is 0. The van der Waals surface area contributed by atoms with Crippen LogP contribution in [0, 0.1) is 0 Å². The van der Waals surface area contributed by atoms with Crippen LogP contribution in [0.3, 0.4) is 0 Å². The zero-order valence-electron chi connectivity index (χ0n) is 19.3. The third-order valence-electron chi connectivity index (χ3n) is 6.01. The highest BCUT2D eigenvalue weighted by molar-refractivity contribution is 5.87. The van der Waals surface area contributed by atoms with E-state index in [2.05, 4.69) is 17.1 Å². The fraction of sp³-hybridized carbons (Fsp3) is 0.444. The number of aryl methyl sites for hydroxylation is 1. The van der Waals surface area contributed by atoms with Crippen LogP contribution in [0.1, 0.15) is 49.7 Å². The number of aromatic amines is 1. The zero-order chi connectivity index (χ0) is 22.9. The molecule has 0 amide bonds. The number of ether oxygens (including phenoxy) is 4. The Morgan fingerprint density at radius 1 is 1.06 bits per heavy atom. The highest BCUT2D eigenvalue weighted by atomic mass is 16.7. The molecule has 0 aliphatic carbocycles. The predicted molar refractivity (Wildman–Crippen MR) is 129 cm³/mol. The largest absolute Gasteiger partial charge is 0.497 e. The first kappa shape index (κ1) is 23.3. The molecule has 1 atom stereocenters. The van der Waals surface area contributed by atoms with E-state index < -0.39 is 0 Å². The predicted octanol–water partition coefficient (Wildman–Crippen LogP) is 5.37. The van der Waals surface area contributed by atoms with E-state index >= 15 is 0 Å². The number of unbranched alkanes of at least 4 members (excludes halogenated alkanes) is 2. The first-order valence-corrected chi connectivity index (χ1v) is 11.9. The van der Waals surface area contributed by atoms with Crippen molar-refractivity contribution in [2.45, 2.75) is 57.8 Å². The summed E-state index contributed by atoms with van der Waals surface area (Å²) in [6.07, 6.45) is 7.13. The van der Waals surface area contributed by atoms with Crippen molar-refractivity contribution in [2.24, 2.45) is 0 Å². The number of pyridine rings is 1. The third-order valence-corrected chi connectivity index (χ3v) is 6.01. The maximum Gasteiger partial charge on any atom is 0.248 e. The Hall–Kier alpha value is -2.83. The Morgan fingerprint density at radius 2 is 2.00 bits per heavy atom. The first-order chi connectivity index (χ1) is 16.2. The molecule has 1 aromatic heterocycles. The molecule has 0 bridgehead atoms. The average molecular weight is 452 g/mol. The van der Waals surface area contributed by atoms with Crippen molar-refractivity contribution in [1.29, 1.82) is 0 Å². The number of hydrogen-bond donors (Lipinski definition) is 1. The van der Waals surface area contributed by atoms with Gasteiger partial charge in [0.2, 0.25) is 5.56 Å². The fourth-order valence-electron chi connectivity index (χ4n) is 4.17. The Kier molecular flexibility index (Phi) is 8.39. The molecule has 1 saturated heterocycles. The molecule has 0 spiro atoms. The summed E-state index contributed by atoms with van der Waals surface area (Å²) in [6.45, 7) is 1.78. The lowest BCUT2D eigenvalue weighted by Crippen LogP contribution is -2.22. The minimum absolute atomic E-state index is 0.132. The molecular formula is C27H33NO5. The van der Waals surface area contributed by atoms with E-state index in [1.165, 1.54) is 11.6 Å². The molecule has 0 saturated carbocycles. The van der Waals surface area contributed by atoms with Crippen LogP contribution < -0.4 is 15.0 Å². The second-order valence-electron chi connectivity index (χ2n) is 8.45. The molecular weight excluding hydrogens is 418 g/mol. The van der Waals surface area contributed by atoms with Gasteiger partial charge in [-0.3, -0.25) is 4.79 Å². The van der Waals surface area contributed by atoms with Crippen molar-refractivity contribution in [1.82, 2.24) is 4.98 Å². The standard InChI is InChI=1S/C27H33NO5/c1-30-22-10-7-9-20(18-22)8-3-2-5-16-31-24-14-12-21(19-33-26-11-4-6-17-32-26)27-23(24)13-15-25(29)28-27/h7,9-10,12-15,18,26H,2-6,8,11,16-17,19H2,1H3,(H,28,29). The lowest BCUT2D eigenvalue weighted by atomic mass is 10.1. The number of fused-ring (bicyclic) bond motifs is 1. The molecule has 2 aromatic carbocycles. The van der Waals surface area contributed by atoms with Gasteiger partial charge in [-0.15, -0.1) is 0 Å². The van der Waals surface area contributed by atoms with Crippen LogP contribution >= 0.6 is 0 Å². The van der Waals surface area contributed by atoms with Crippen molar-refractivity contribution < 1.29 is 18.9 Å². The summed E-state index contributed by atoms with van der Waals surface area (Å²) in [4.78, 5) is 14.9. The summed E-state index contributed by atoms with van der Waals surface area (Å²) < 4.78 is 23.0.